The highest BCUT2D eigenvalue weighted by Crippen LogP contribution is 2.69. The van der Waals surface area contributed by atoms with Crippen molar-refractivity contribution >= 4 is 11.9 Å². The SMILES string of the molecule is CCC(C)(C)CC1(C(=O)OC2(C)CCC3CC2C2C(=O)OCC32)CC1(C)C. The van der Waals surface area contributed by atoms with E-state index in [2.05, 4.69) is 41.5 Å². The van der Waals surface area contributed by atoms with Crippen LogP contribution in [0.25, 0.3) is 0 Å². The highest BCUT2D eigenvalue weighted by atomic mass is 16.6. The first-order chi connectivity index (χ1) is 12.4. The quantitative estimate of drug-likeness (QED) is 0.650. The van der Waals surface area contributed by atoms with Crippen LogP contribution in [0, 0.1) is 39.9 Å². The average molecular weight is 377 g/mol. The lowest BCUT2D eigenvalue weighted by molar-refractivity contribution is -0.181. The largest absolute Gasteiger partial charge is 0.465 e. The maximum Gasteiger partial charge on any atom is 0.313 e. The van der Waals surface area contributed by atoms with Crippen LogP contribution in [0.5, 0.6) is 0 Å². The standard InChI is InChI=1S/C23H36O4/c1-7-20(2,3)12-23(13-21(23,4)5)19(25)27-22(6)9-8-14-10-16(22)17-15(14)11-26-18(17)24/h14-17H,7-13H2,1-6H3. The van der Waals surface area contributed by atoms with Crippen LogP contribution in [-0.4, -0.2) is 24.1 Å². The zero-order valence-electron chi connectivity index (χ0n) is 17.9. The van der Waals surface area contributed by atoms with Gasteiger partial charge in [-0.25, -0.2) is 0 Å². The smallest absolute Gasteiger partial charge is 0.313 e. The third-order valence-electron chi connectivity index (χ3n) is 8.91. The Morgan fingerprint density at radius 2 is 1.96 bits per heavy atom. The second-order valence-corrected chi connectivity index (χ2v) is 11.5. The van der Waals surface area contributed by atoms with Crippen LogP contribution >= 0.6 is 0 Å². The van der Waals surface area contributed by atoms with E-state index in [1.807, 2.05) is 0 Å². The molecular weight excluding hydrogens is 340 g/mol. The van der Waals surface area contributed by atoms with E-state index in [0.29, 0.717) is 18.4 Å². The molecule has 0 aromatic carbocycles. The van der Waals surface area contributed by atoms with Crippen LogP contribution in [0.1, 0.15) is 80.1 Å². The van der Waals surface area contributed by atoms with Gasteiger partial charge in [-0.2, -0.15) is 0 Å². The summed E-state index contributed by atoms with van der Waals surface area (Å²) in [7, 11) is 0. The first-order valence-electron chi connectivity index (χ1n) is 10.8. The van der Waals surface area contributed by atoms with Crippen molar-refractivity contribution in [2.24, 2.45) is 39.9 Å². The molecule has 4 rings (SSSR count). The number of ether oxygens (including phenoxy) is 2. The number of esters is 2. The molecule has 27 heavy (non-hydrogen) atoms. The zero-order chi connectivity index (χ0) is 19.8. The molecule has 1 heterocycles. The fraction of sp³-hybridized carbons (Fsp3) is 0.913. The lowest BCUT2D eigenvalue weighted by Gasteiger charge is -2.42. The minimum Gasteiger partial charge on any atom is -0.465 e. The van der Waals surface area contributed by atoms with Crippen molar-refractivity contribution in [1.82, 2.24) is 0 Å². The monoisotopic (exact) mass is 376 g/mol. The van der Waals surface area contributed by atoms with Gasteiger partial charge in [0, 0.05) is 11.8 Å². The van der Waals surface area contributed by atoms with Crippen LogP contribution < -0.4 is 0 Å². The van der Waals surface area contributed by atoms with Crippen LogP contribution in [0.15, 0.2) is 0 Å². The zero-order valence-corrected chi connectivity index (χ0v) is 17.9. The number of cyclic esters (lactones) is 1. The second-order valence-electron chi connectivity index (χ2n) is 11.5. The van der Waals surface area contributed by atoms with E-state index in [1.165, 1.54) is 0 Å². The molecule has 0 spiro atoms. The average Bonchev–Trinajstić information content (AvgIpc) is 2.87. The molecule has 0 radical (unpaired) electrons. The van der Waals surface area contributed by atoms with Crippen molar-refractivity contribution in [2.75, 3.05) is 6.61 Å². The number of hydrogen-bond donors (Lipinski definition) is 0. The predicted molar refractivity (Wildman–Crippen MR) is 103 cm³/mol. The Balaban J connectivity index is 1.56. The topological polar surface area (TPSA) is 52.6 Å². The van der Waals surface area contributed by atoms with Gasteiger partial charge in [0.1, 0.15) is 5.60 Å². The van der Waals surface area contributed by atoms with Crippen molar-refractivity contribution in [2.45, 2.75) is 85.7 Å². The number of carbonyl (C=O) groups excluding carboxylic acids is 2. The number of hydrogen-bond acceptors (Lipinski definition) is 4. The van der Waals surface area contributed by atoms with Crippen molar-refractivity contribution in [3.8, 4) is 0 Å². The van der Waals surface area contributed by atoms with Gasteiger partial charge in [0.25, 0.3) is 0 Å². The van der Waals surface area contributed by atoms with Crippen LogP contribution in [0.2, 0.25) is 0 Å². The summed E-state index contributed by atoms with van der Waals surface area (Å²) in [5, 5.41) is 0. The minimum absolute atomic E-state index is 0.00537. The Bertz CT molecular complexity index is 665. The Morgan fingerprint density at radius 1 is 1.30 bits per heavy atom. The van der Waals surface area contributed by atoms with Crippen molar-refractivity contribution in [1.29, 1.82) is 0 Å². The van der Waals surface area contributed by atoms with E-state index in [0.717, 1.165) is 38.5 Å². The first-order valence-corrected chi connectivity index (χ1v) is 10.8. The maximum absolute atomic E-state index is 13.5. The third kappa shape index (κ3) is 2.76. The molecule has 4 fully saturated rings. The molecule has 0 N–H and O–H groups in total. The number of rotatable bonds is 5. The summed E-state index contributed by atoms with van der Waals surface area (Å²) in [5.41, 5.74) is -0.785. The molecule has 4 nitrogen and oxygen atoms in total. The van der Waals surface area contributed by atoms with Gasteiger partial charge in [-0.1, -0.05) is 41.0 Å². The van der Waals surface area contributed by atoms with E-state index in [4.69, 9.17) is 9.47 Å². The molecule has 1 saturated heterocycles. The predicted octanol–water partition coefficient (Wildman–Crippen LogP) is 4.75. The van der Waals surface area contributed by atoms with Crippen molar-refractivity contribution < 1.29 is 19.1 Å². The maximum atomic E-state index is 13.5. The first kappa shape index (κ1) is 19.3. The summed E-state index contributed by atoms with van der Waals surface area (Å²) in [6, 6.07) is 0. The Kier molecular flexibility index (Phi) is 4.09. The highest BCUT2D eigenvalue weighted by Gasteiger charge is 2.70. The molecule has 6 unspecified atom stereocenters. The molecule has 0 aromatic rings. The fourth-order valence-corrected chi connectivity index (χ4v) is 6.52. The molecule has 3 aliphatic carbocycles. The number of fused-ring (bicyclic) bond motifs is 5. The van der Waals surface area contributed by atoms with E-state index < -0.39 is 5.60 Å². The summed E-state index contributed by atoms with van der Waals surface area (Å²) in [6.45, 7) is 13.7. The molecule has 3 saturated carbocycles. The summed E-state index contributed by atoms with van der Waals surface area (Å²) in [5.74, 6) is 0.871. The molecule has 1 aliphatic heterocycles. The Hall–Kier alpha value is -1.06. The molecule has 0 amide bonds. The highest BCUT2D eigenvalue weighted by molar-refractivity contribution is 5.82. The van der Waals surface area contributed by atoms with Gasteiger partial charge in [-0.3, -0.25) is 9.59 Å². The van der Waals surface area contributed by atoms with Crippen LogP contribution in [-0.2, 0) is 19.1 Å². The van der Waals surface area contributed by atoms with Crippen molar-refractivity contribution in [3.05, 3.63) is 0 Å². The molecule has 2 bridgehead atoms. The summed E-state index contributed by atoms with van der Waals surface area (Å²) >= 11 is 0. The van der Waals surface area contributed by atoms with Crippen LogP contribution in [0.4, 0.5) is 0 Å². The molecule has 4 aliphatic rings. The molecule has 6 atom stereocenters. The van der Waals surface area contributed by atoms with Gasteiger partial charge >= 0.3 is 11.9 Å². The molecule has 4 heteroatoms. The molecule has 0 aromatic heterocycles. The van der Waals surface area contributed by atoms with Gasteiger partial charge in [0.15, 0.2) is 0 Å². The lowest BCUT2D eigenvalue weighted by atomic mass is 9.73. The van der Waals surface area contributed by atoms with E-state index >= 15 is 0 Å². The lowest BCUT2D eigenvalue weighted by Crippen LogP contribution is -2.46. The Labute approximate surface area is 163 Å². The summed E-state index contributed by atoms with van der Waals surface area (Å²) in [6.07, 6.45) is 5.75. The summed E-state index contributed by atoms with van der Waals surface area (Å²) in [4.78, 5) is 25.9. The normalized spacial score (nSPS) is 44.6. The van der Waals surface area contributed by atoms with E-state index in [-0.39, 0.29) is 40.0 Å². The fourth-order valence-electron chi connectivity index (χ4n) is 6.52. The van der Waals surface area contributed by atoms with Gasteiger partial charge < -0.3 is 9.47 Å². The van der Waals surface area contributed by atoms with Gasteiger partial charge in [-0.15, -0.1) is 0 Å². The van der Waals surface area contributed by atoms with Gasteiger partial charge in [0.05, 0.1) is 17.9 Å². The van der Waals surface area contributed by atoms with Gasteiger partial charge in [0.2, 0.25) is 0 Å². The second kappa shape index (κ2) is 5.73. The summed E-state index contributed by atoms with van der Waals surface area (Å²) < 4.78 is 11.7. The third-order valence-corrected chi connectivity index (χ3v) is 8.91. The minimum atomic E-state index is -0.529. The van der Waals surface area contributed by atoms with E-state index in [1.54, 1.807) is 0 Å². The van der Waals surface area contributed by atoms with Crippen LogP contribution in [0.3, 0.4) is 0 Å². The van der Waals surface area contributed by atoms with E-state index in [9.17, 15) is 9.59 Å². The molecule has 152 valence electrons. The van der Waals surface area contributed by atoms with Gasteiger partial charge in [-0.05, 0) is 55.8 Å². The number of carbonyl (C=O) groups is 2. The van der Waals surface area contributed by atoms with Crippen molar-refractivity contribution in [3.63, 3.8) is 0 Å². The Morgan fingerprint density at radius 3 is 2.56 bits per heavy atom. The molecular formula is C23H36O4.